The number of nitrogens with zero attached hydrogens (tertiary/aromatic N) is 6. The summed E-state index contributed by atoms with van der Waals surface area (Å²) in [6.07, 6.45) is 6.12. The lowest BCUT2D eigenvalue weighted by atomic mass is 10.1. The van der Waals surface area contributed by atoms with Gasteiger partial charge in [-0.15, -0.1) is 0 Å². The Hall–Kier alpha value is -3.22. The number of hydrogen-bond acceptors (Lipinski definition) is 4. The first-order chi connectivity index (χ1) is 16.1. The molecule has 0 N–H and O–H groups in total. The highest BCUT2D eigenvalue weighted by Gasteiger charge is 2.21. The third-order valence-corrected chi connectivity index (χ3v) is 6.59. The van der Waals surface area contributed by atoms with Gasteiger partial charge in [0.05, 0.1) is 17.9 Å². The summed E-state index contributed by atoms with van der Waals surface area (Å²) in [5, 5.41) is 5.06. The van der Waals surface area contributed by atoms with Gasteiger partial charge in [0.2, 0.25) is 0 Å². The summed E-state index contributed by atoms with van der Waals surface area (Å²) >= 11 is 0. The lowest BCUT2D eigenvalue weighted by molar-refractivity contribution is 0.119. The number of aromatic nitrogens is 4. The summed E-state index contributed by atoms with van der Waals surface area (Å²) in [5.74, 6) is 1.13. The molecule has 0 aliphatic carbocycles. The van der Waals surface area contributed by atoms with Crippen LogP contribution in [0.4, 0.5) is 0 Å². The van der Waals surface area contributed by atoms with E-state index in [1.165, 1.54) is 22.3 Å². The highest BCUT2D eigenvalue weighted by molar-refractivity contribution is 5.63. The van der Waals surface area contributed by atoms with Crippen molar-refractivity contribution in [3.8, 4) is 16.9 Å². The molecule has 170 valence electrons. The molecular formula is C27H32N6. The number of hydrogen-bond donors (Lipinski definition) is 0. The second-order valence-electron chi connectivity index (χ2n) is 9.11. The number of aryl methyl sites for hydroxylation is 3. The molecule has 6 nitrogen and oxygen atoms in total. The van der Waals surface area contributed by atoms with E-state index in [9.17, 15) is 0 Å². The lowest BCUT2D eigenvalue weighted by Crippen LogP contribution is -2.45. The molecular weight excluding hydrogens is 408 g/mol. The maximum Gasteiger partial charge on any atom is 0.122 e. The molecule has 33 heavy (non-hydrogen) atoms. The monoisotopic (exact) mass is 440 g/mol. The molecule has 1 fully saturated rings. The van der Waals surface area contributed by atoms with Crippen molar-refractivity contribution in [3.63, 3.8) is 0 Å². The predicted octanol–water partition coefficient (Wildman–Crippen LogP) is 4.21. The minimum absolute atomic E-state index is 0.908. The molecule has 2 aromatic heterocycles. The van der Waals surface area contributed by atoms with Crippen LogP contribution in [0.25, 0.3) is 16.9 Å². The fraction of sp³-hybridized carbons (Fsp3) is 0.333. The smallest absolute Gasteiger partial charge is 0.122 e. The molecule has 0 atom stereocenters. The molecule has 0 radical (unpaired) electrons. The Morgan fingerprint density at radius 1 is 0.879 bits per heavy atom. The average molecular weight is 441 g/mol. The molecule has 1 aliphatic heterocycles. The Morgan fingerprint density at radius 3 is 2.30 bits per heavy atom. The first-order valence-electron chi connectivity index (χ1n) is 11.7. The fourth-order valence-electron chi connectivity index (χ4n) is 4.55. The standard InChI is InChI=1S/C27H32N6/c1-21-9-10-22(2)25(17-21)33-19-24(27(29-33)23-7-5-4-6-8-23)18-31-13-15-32(16-14-31)20-26-28-11-12-30(26)3/h4-12,17,19H,13-16,18,20H2,1-3H3. The van der Waals surface area contributed by atoms with Crippen molar-refractivity contribution in [1.29, 1.82) is 0 Å². The van der Waals surface area contributed by atoms with E-state index in [2.05, 4.69) is 99.7 Å². The van der Waals surface area contributed by atoms with Crippen LogP contribution >= 0.6 is 0 Å². The van der Waals surface area contributed by atoms with E-state index in [-0.39, 0.29) is 0 Å². The van der Waals surface area contributed by atoms with Crippen LogP contribution in [0.2, 0.25) is 0 Å². The van der Waals surface area contributed by atoms with Crippen molar-refractivity contribution >= 4 is 0 Å². The largest absolute Gasteiger partial charge is 0.337 e. The first-order valence-corrected chi connectivity index (χ1v) is 11.7. The maximum absolute atomic E-state index is 5.06. The SMILES string of the molecule is Cc1ccc(C)c(-n2cc(CN3CCN(Cc4nccn4C)CC3)c(-c3ccccc3)n2)c1. The van der Waals surface area contributed by atoms with Crippen LogP contribution < -0.4 is 0 Å². The van der Waals surface area contributed by atoms with Crippen LogP contribution in [0.1, 0.15) is 22.5 Å². The maximum atomic E-state index is 5.06. The van der Waals surface area contributed by atoms with Gasteiger partial charge in [-0.1, -0.05) is 42.5 Å². The van der Waals surface area contributed by atoms with Gasteiger partial charge in [0, 0.05) is 69.5 Å². The van der Waals surface area contributed by atoms with Crippen molar-refractivity contribution in [1.82, 2.24) is 29.1 Å². The zero-order valence-electron chi connectivity index (χ0n) is 19.8. The topological polar surface area (TPSA) is 42.1 Å². The van der Waals surface area contributed by atoms with Gasteiger partial charge in [0.15, 0.2) is 0 Å². The van der Waals surface area contributed by atoms with Crippen molar-refractivity contribution in [2.24, 2.45) is 7.05 Å². The van der Waals surface area contributed by atoms with Crippen LogP contribution in [0, 0.1) is 13.8 Å². The quantitative estimate of drug-likeness (QED) is 0.451. The average Bonchev–Trinajstić information content (AvgIpc) is 3.43. The molecule has 0 saturated carbocycles. The molecule has 0 amide bonds. The number of piperazine rings is 1. The van der Waals surface area contributed by atoms with E-state index < -0.39 is 0 Å². The van der Waals surface area contributed by atoms with Gasteiger partial charge in [-0.2, -0.15) is 5.10 Å². The Morgan fingerprint density at radius 2 is 1.61 bits per heavy atom. The van der Waals surface area contributed by atoms with E-state index in [1.54, 1.807) is 0 Å². The minimum Gasteiger partial charge on any atom is -0.337 e. The third-order valence-electron chi connectivity index (χ3n) is 6.59. The molecule has 5 rings (SSSR count). The summed E-state index contributed by atoms with van der Waals surface area (Å²) in [7, 11) is 2.07. The zero-order chi connectivity index (χ0) is 22.8. The number of benzene rings is 2. The van der Waals surface area contributed by atoms with Crippen LogP contribution in [0.15, 0.2) is 67.1 Å². The molecule has 1 saturated heterocycles. The summed E-state index contributed by atoms with van der Waals surface area (Å²) in [4.78, 5) is 9.53. The summed E-state index contributed by atoms with van der Waals surface area (Å²) in [6, 6.07) is 17.1. The Balaban J connectivity index is 1.36. The van der Waals surface area contributed by atoms with Gasteiger partial charge in [0.25, 0.3) is 0 Å². The highest BCUT2D eigenvalue weighted by atomic mass is 15.3. The highest BCUT2D eigenvalue weighted by Crippen LogP contribution is 2.26. The minimum atomic E-state index is 0.908. The normalized spacial score (nSPS) is 15.2. The summed E-state index contributed by atoms with van der Waals surface area (Å²) < 4.78 is 4.18. The van der Waals surface area contributed by atoms with Crippen molar-refractivity contribution in [2.75, 3.05) is 26.2 Å². The van der Waals surface area contributed by atoms with Gasteiger partial charge < -0.3 is 4.57 Å². The lowest BCUT2D eigenvalue weighted by Gasteiger charge is -2.34. The second-order valence-corrected chi connectivity index (χ2v) is 9.11. The summed E-state index contributed by atoms with van der Waals surface area (Å²) in [6.45, 7) is 10.3. The van der Waals surface area contributed by atoms with Crippen LogP contribution in [0.5, 0.6) is 0 Å². The van der Waals surface area contributed by atoms with Crippen LogP contribution in [-0.2, 0) is 20.1 Å². The molecule has 0 spiro atoms. The molecule has 0 unspecified atom stereocenters. The van der Waals surface area contributed by atoms with E-state index in [1.807, 2.05) is 12.4 Å². The van der Waals surface area contributed by atoms with Gasteiger partial charge in [-0.3, -0.25) is 9.80 Å². The number of rotatable bonds is 6. The second kappa shape index (κ2) is 9.33. The molecule has 4 aromatic rings. The Bertz CT molecular complexity index is 1210. The van der Waals surface area contributed by atoms with E-state index >= 15 is 0 Å². The van der Waals surface area contributed by atoms with E-state index in [4.69, 9.17) is 5.10 Å². The third kappa shape index (κ3) is 4.77. The van der Waals surface area contributed by atoms with Gasteiger partial charge in [-0.25, -0.2) is 9.67 Å². The van der Waals surface area contributed by atoms with Crippen molar-refractivity contribution in [3.05, 3.63) is 89.6 Å². The van der Waals surface area contributed by atoms with Crippen molar-refractivity contribution in [2.45, 2.75) is 26.9 Å². The van der Waals surface area contributed by atoms with Crippen LogP contribution in [0.3, 0.4) is 0 Å². The van der Waals surface area contributed by atoms with E-state index in [0.29, 0.717) is 0 Å². The molecule has 6 heteroatoms. The Kier molecular flexibility index (Phi) is 6.11. The molecule has 1 aliphatic rings. The Labute approximate surface area is 196 Å². The fourth-order valence-corrected chi connectivity index (χ4v) is 4.55. The molecule has 2 aromatic carbocycles. The zero-order valence-corrected chi connectivity index (χ0v) is 19.8. The van der Waals surface area contributed by atoms with E-state index in [0.717, 1.165) is 56.5 Å². The summed E-state index contributed by atoms with van der Waals surface area (Å²) in [5.41, 5.74) is 7.16. The molecule has 3 heterocycles. The van der Waals surface area contributed by atoms with Gasteiger partial charge >= 0.3 is 0 Å². The molecule has 0 bridgehead atoms. The van der Waals surface area contributed by atoms with Crippen LogP contribution in [-0.4, -0.2) is 55.3 Å². The van der Waals surface area contributed by atoms with Gasteiger partial charge in [0.1, 0.15) is 5.82 Å². The van der Waals surface area contributed by atoms with Crippen molar-refractivity contribution < 1.29 is 0 Å². The first kappa shape index (κ1) is 21.6. The predicted molar refractivity (Wildman–Crippen MR) is 132 cm³/mol. The van der Waals surface area contributed by atoms with Gasteiger partial charge in [-0.05, 0) is 31.0 Å². The number of imidazole rings is 1.